The summed E-state index contributed by atoms with van der Waals surface area (Å²) in [6, 6.07) is 19.1. The molecule has 0 aliphatic carbocycles. The van der Waals surface area contributed by atoms with Crippen LogP contribution in [0, 0.1) is 0 Å². The Hall–Kier alpha value is -3.00. The van der Waals surface area contributed by atoms with Crippen molar-refractivity contribution >= 4 is 26.8 Å². The minimum absolute atomic E-state index is 0.123. The number of fused-ring (bicyclic) bond motifs is 1. The lowest BCUT2D eigenvalue weighted by Crippen LogP contribution is -2.11. The molecule has 0 aliphatic rings. The van der Waals surface area contributed by atoms with E-state index in [1.54, 1.807) is 6.07 Å². The van der Waals surface area contributed by atoms with Crippen molar-refractivity contribution in [3.05, 3.63) is 82.4 Å². The molecule has 1 N–H and O–H groups in total. The number of ether oxygens (including phenoxy) is 1. The first-order valence-electron chi connectivity index (χ1n) is 9.39. The highest BCUT2D eigenvalue weighted by Crippen LogP contribution is 2.25. The van der Waals surface area contributed by atoms with Crippen LogP contribution in [0.4, 0.5) is 0 Å². The fraction of sp³-hybridized carbons (Fsp3) is 0.238. The van der Waals surface area contributed by atoms with Crippen LogP contribution in [0.2, 0.25) is 0 Å². The van der Waals surface area contributed by atoms with Gasteiger partial charge in [0.1, 0.15) is 5.75 Å². The van der Waals surface area contributed by atoms with Crippen LogP contribution in [0.5, 0.6) is 5.75 Å². The third kappa shape index (κ3) is 4.71. The number of nitrogens with zero attached hydrogens (tertiary/aromatic N) is 4. The van der Waals surface area contributed by atoms with Gasteiger partial charge in [0.15, 0.2) is 5.82 Å². The molecule has 0 radical (unpaired) electrons. The molecule has 4 aromatic rings. The van der Waals surface area contributed by atoms with Crippen LogP contribution in [-0.4, -0.2) is 31.8 Å². The molecule has 0 saturated heterocycles. The van der Waals surface area contributed by atoms with Gasteiger partial charge in [-0.15, -0.1) is 5.10 Å². The van der Waals surface area contributed by atoms with Crippen LogP contribution in [0.25, 0.3) is 10.9 Å². The first-order valence-corrected chi connectivity index (χ1v) is 10.3. The monoisotopic (exact) mass is 453 g/mol. The lowest BCUT2D eigenvalue weighted by Gasteiger charge is -2.12. The van der Waals surface area contributed by atoms with E-state index in [9.17, 15) is 4.79 Å². The molecule has 0 aliphatic heterocycles. The lowest BCUT2D eigenvalue weighted by molar-refractivity contribution is 0.312. The molecule has 29 heavy (non-hydrogen) atoms. The van der Waals surface area contributed by atoms with Gasteiger partial charge in [-0.2, -0.15) is 0 Å². The van der Waals surface area contributed by atoms with Crippen molar-refractivity contribution in [3.63, 3.8) is 0 Å². The molecule has 0 fully saturated rings. The smallest absolute Gasteiger partial charge is 0.248 e. The number of nitrogens with one attached hydrogen (secondary N) is 1. The standard InChI is InChI=1S/C21H20BrN5O2/c22-17(15-6-2-1-3-7-15)14-27-20(24-25-26-27)10-5-13-29-19-9-4-8-18-16(19)11-12-21(28)23-18/h1-4,6-9,11-12,17H,5,10,13-14H2,(H,23,28). The minimum Gasteiger partial charge on any atom is -0.493 e. The second-order valence-electron chi connectivity index (χ2n) is 6.65. The highest BCUT2D eigenvalue weighted by molar-refractivity contribution is 9.09. The number of rotatable bonds is 8. The molecule has 7 nitrogen and oxygen atoms in total. The van der Waals surface area contributed by atoms with Crippen molar-refractivity contribution in [3.8, 4) is 5.75 Å². The Bertz CT molecular complexity index is 1140. The Morgan fingerprint density at radius 1 is 1.07 bits per heavy atom. The third-order valence-electron chi connectivity index (χ3n) is 4.63. The van der Waals surface area contributed by atoms with Crippen LogP contribution in [0.15, 0.2) is 65.5 Å². The second kappa shape index (κ2) is 9.00. The van der Waals surface area contributed by atoms with Crippen molar-refractivity contribution in [1.29, 1.82) is 0 Å². The number of alkyl halides is 1. The fourth-order valence-corrected chi connectivity index (χ4v) is 3.74. The van der Waals surface area contributed by atoms with Gasteiger partial charge in [-0.1, -0.05) is 52.3 Å². The molecule has 0 bridgehead atoms. The highest BCUT2D eigenvalue weighted by atomic mass is 79.9. The van der Waals surface area contributed by atoms with Crippen molar-refractivity contribution in [2.45, 2.75) is 24.2 Å². The van der Waals surface area contributed by atoms with Crippen molar-refractivity contribution in [2.24, 2.45) is 0 Å². The second-order valence-corrected chi connectivity index (χ2v) is 7.75. The zero-order chi connectivity index (χ0) is 20.1. The number of aromatic nitrogens is 5. The lowest BCUT2D eigenvalue weighted by atomic mass is 10.1. The first kappa shape index (κ1) is 19.3. The molecule has 2 aromatic heterocycles. The zero-order valence-electron chi connectivity index (χ0n) is 15.7. The summed E-state index contributed by atoms with van der Waals surface area (Å²) in [6.45, 7) is 1.19. The molecule has 4 rings (SSSR count). The maximum Gasteiger partial charge on any atom is 0.248 e. The predicted molar refractivity (Wildman–Crippen MR) is 114 cm³/mol. The molecule has 1 unspecified atom stereocenters. The van der Waals surface area contributed by atoms with E-state index in [1.165, 1.54) is 11.6 Å². The first-order chi connectivity index (χ1) is 14.2. The van der Waals surface area contributed by atoms with Crippen molar-refractivity contribution in [1.82, 2.24) is 25.2 Å². The van der Waals surface area contributed by atoms with Gasteiger partial charge in [0.25, 0.3) is 0 Å². The average Bonchev–Trinajstić information content (AvgIpc) is 3.18. The summed E-state index contributed by atoms with van der Waals surface area (Å²) in [5, 5.41) is 13.0. The van der Waals surface area contributed by atoms with Crippen LogP contribution in [0.1, 0.15) is 22.6 Å². The maximum absolute atomic E-state index is 11.5. The van der Waals surface area contributed by atoms with Crippen LogP contribution < -0.4 is 10.3 Å². The van der Waals surface area contributed by atoms with Crippen LogP contribution in [0.3, 0.4) is 0 Å². The van der Waals surface area contributed by atoms with E-state index in [1.807, 2.05) is 41.1 Å². The topological polar surface area (TPSA) is 85.7 Å². The third-order valence-corrected chi connectivity index (χ3v) is 5.45. The van der Waals surface area contributed by atoms with E-state index < -0.39 is 0 Å². The van der Waals surface area contributed by atoms with Gasteiger partial charge in [-0.3, -0.25) is 4.79 Å². The van der Waals surface area contributed by atoms with Gasteiger partial charge >= 0.3 is 0 Å². The van der Waals surface area contributed by atoms with E-state index >= 15 is 0 Å². The molecule has 2 heterocycles. The number of aryl methyl sites for hydroxylation is 1. The van der Waals surface area contributed by atoms with Crippen molar-refractivity contribution in [2.75, 3.05) is 6.61 Å². The van der Waals surface area contributed by atoms with Crippen LogP contribution in [-0.2, 0) is 13.0 Å². The minimum atomic E-state index is -0.123. The summed E-state index contributed by atoms with van der Waals surface area (Å²) >= 11 is 3.72. The fourth-order valence-electron chi connectivity index (χ4n) is 3.16. The maximum atomic E-state index is 11.5. The number of aromatic amines is 1. The summed E-state index contributed by atoms with van der Waals surface area (Å²) in [5.74, 6) is 1.58. The Morgan fingerprint density at radius 2 is 1.93 bits per heavy atom. The molecule has 0 spiro atoms. The number of benzene rings is 2. The summed E-state index contributed by atoms with van der Waals surface area (Å²) in [5.41, 5.74) is 1.83. The Balaban J connectivity index is 1.34. The average molecular weight is 454 g/mol. The molecule has 2 aromatic carbocycles. The highest BCUT2D eigenvalue weighted by Gasteiger charge is 2.13. The molecular weight excluding hydrogens is 434 g/mol. The Labute approximate surface area is 175 Å². The molecule has 8 heteroatoms. The van der Waals surface area contributed by atoms with E-state index in [-0.39, 0.29) is 10.4 Å². The van der Waals surface area contributed by atoms with Crippen LogP contribution >= 0.6 is 15.9 Å². The number of pyridine rings is 1. The number of halogens is 1. The number of H-pyrrole nitrogens is 1. The Kier molecular flexibility index (Phi) is 6.00. The van der Waals surface area contributed by atoms with Gasteiger partial charge < -0.3 is 9.72 Å². The SMILES string of the molecule is O=c1ccc2c(OCCCc3nnnn3CC(Br)c3ccccc3)cccc2[nH]1. The normalized spacial score (nSPS) is 12.2. The molecule has 148 valence electrons. The van der Waals surface area contributed by atoms with Gasteiger partial charge in [0.2, 0.25) is 5.56 Å². The number of hydrogen-bond donors (Lipinski definition) is 1. The zero-order valence-corrected chi connectivity index (χ0v) is 17.2. The Morgan fingerprint density at radius 3 is 2.79 bits per heavy atom. The quantitative estimate of drug-likeness (QED) is 0.325. The van der Waals surface area contributed by atoms with E-state index in [4.69, 9.17) is 4.74 Å². The summed E-state index contributed by atoms with van der Waals surface area (Å²) in [6.07, 6.45) is 1.49. The van der Waals surface area contributed by atoms with Gasteiger partial charge in [0, 0.05) is 17.9 Å². The molecular formula is C21H20BrN5O2. The summed E-state index contributed by atoms with van der Waals surface area (Å²) in [7, 11) is 0. The van der Waals surface area contributed by atoms with Gasteiger partial charge in [-0.25, -0.2) is 4.68 Å². The molecule has 0 amide bonds. The van der Waals surface area contributed by atoms with Gasteiger partial charge in [0.05, 0.1) is 23.5 Å². The molecule has 0 saturated carbocycles. The van der Waals surface area contributed by atoms with E-state index in [0.29, 0.717) is 19.6 Å². The van der Waals surface area contributed by atoms with Gasteiger partial charge in [-0.05, 0) is 40.6 Å². The number of tetrazole rings is 1. The predicted octanol–water partition coefficient (Wildman–Crippen LogP) is 3.66. The largest absolute Gasteiger partial charge is 0.493 e. The number of hydrogen-bond acceptors (Lipinski definition) is 5. The molecule has 1 atom stereocenters. The van der Waals surface area contributed by atoms with Crippen molar-refractivity contribution < 1.29 is 4.74 Å². The van der Waals surface area contributed by atoms with E-state index in [0.717, 1.165) is 28.9 Å². The van der Waals surface area contributed by atoms with E-state index in [2.05, 4.69) is 48.6 Å². The summed E-state index contributed by atoms with van der Waals surface area (Å²) < 4.78 is 7.77. The summed E-state index contributed by atoms with van der Waals surface area (Å²) in [4.78, 5) is 14.4.